The number of amides is 1. The molecule has 1 saturated heterocycles. The number of carbonyl (C=O) groups excluding carboxylic acids is 2. The molecule has 3 aromatic rings. The number of aromatic nitrogens is 2. The van der Waals surface area contributed by atoms with Crippen molar-refractivity contribution in [3.63, 3.8) is 0 Å². The predicted octanol–water partition coefficient (Wildman–Crippen LogP) is 2.40. The van der Waals surface area contributed by atoms with Crippen molar-refractivity contribution >= 4 is 28.3 Å². The number of hydrogen-bond acceptors (Lipinski definition) is 7. The van der Waals surface area contributed by atoms with E-state index in [9.17, 15) is 14.4 Å². The standard InChI is InChI=1S/C28H35N5O4/c1-4-37-27(35)18-24-22-7-5-6-8-23(22)28(36)33(30-24)19-29-26(34)11-12-31-13-15-32(16-14-31)25-10-9-20(2)17-21(25)3/h5-10,17H,4,11-16,18-19H2,1-3H3,(H,29,34). The maximum Gasteiger partial charge on any atom is 0.311 e. The van der Waals surface area contributed by atoms with Crippen LogP contribution in [0.3, 0.4) is 0 Å². The normalized spacial score (nSPS) is 14.1. The zero-order valence-electron chi connectivity index (χ0n) is 21.8. The predicted molar refractivity (Wildman–Crippen MR) is 144 cm³/mol. The second kappa shape index (κ2) is 12.0. The Bertz CT molecular complexity index is 1330. The van der Waals surface area contributed by atoms with E-state index in [0.29, 0.717) is 29.4 Å². The summed E-state index contributed by atoms with van der Waals surface area (Å²) < 4.78 is 6.26. The number of rotatable bonds is 9. The molecule has 4 rings (SSSR count). The van der Waals surface area contributed by atoms with Gasteiger partial charge in [0.2, 0.25) is 5.91 Å². The molecule has 37 heavy (non-hydrogen) atoms. The zero-order chi connectivity index (χ0) is 26.4. The molecular weight excluding hydrogens is 470 g/mol. The summed E-state index contributed by atoms with van der Waals surface area (Å²) in [7, 11) is 0. The van der Waals surface area contributed by atoms with Gasteiger partial charge in [0.05, 0.1) is 24.1 Å². The van der Waals surface area contributed by atoms with Gasteiger partial charge in [-0.1, -0.05) is 35.9 Å². The first-order valence-electron chi connectivity index (χ1n) is 12.8. The van der Waals surface area contributed by atoms with Crippen molar-refractivity contribution in [3.05, 3.63) is 69.6 Å². The molecular formula is C28H35N5O4. The van der Waals surface area contributed by atoms with Crippen LogP contribution in [0.15, 0.2) is 47.3 Å². The van der Waals surface area contributed by atoms with Gasteiger partial charge in [0.15, 0.2) is 0 Å². The van der Waals surface area contributed by atoms with E-state index < -0.39 is 5.97 Å². The molecule has 2 aromatic carbocycles. The molecule has 9 nitrogen and oxygen atoms in total. The first kappa shape index (κ1) is 26.3. The Hall–Kier alpha value is -3.72. The molecule has 0 saturated carbocycles. The molecule has 0 radical (unpaired) electrons. The maximum absolute atomic E-state index is 12.9. The number of nitrogens with one attached hydrogen (secondary N) is 1. The number of benzene rings is 2. The van der Waals surface area contributed by atoms with Crippen LogP contribution in [0, 0.1) is 13.8 Å². The van der Waals surface area contributed by atoms with Crippen molar-refractivity contribution in [1.29, 1.82) is 0 Å². The van der Waals surface area contributed by atoms with Gasteiger partial charge in [-0.3, -0.25) is 19.3 Å². The number of carbonyl (C=O) groups is 2. The van der Waals surface area contributed by atoms with Crippen LogP contribution >= 0.6 is 0 Å². The van der Waals surface area contributed by atoms with Gasteiger partial charge in [-0.15, -0.1) is 0 Å². The Morgan fingerprint density at radius 3 is 2.46 bits per heavy atom. The monoisotopic (exact) mass is 505 g/mol. The molecule has 1 aliphatic rings. The van der Waals surface area contributed by atoms with Crippen LogP contribution in [0.2, 0.25) is 0 Å². The summed E-state index contributed by atoms with van der Waals surface area (Å²) in [6, 6.07) is 13.6. The van der Waals surface area contributed by atoms with E-state index in [0.717, 1.165) is 26.2 Å². The summed E-state index contributed by atoms with van der Waals surface area (Å²) in [4.78, 5) is 42.2. The molecule has 1 fully saturated rings. The van der Waals surface area contributed by atoms with Crippen LogP contribution in [0.25, 0.3) is 10.8 Å². The summed E-state index contributed by atoms with van der Waals surface area (Å²) in [5.41, 5.74) is 3.97. The van der Waals surface area contributed by atoms with Crippen molar-refractivity contribution in [1.82, 2.24) is 20.0 Å². The lowest BCUT2D eigenvalue weighted by Crippen LogP contribution is -2.47. The van der Waals surface area contributed by atoms with Gasteiger partial charge in [-0.25, -0.2) is 4.68 Å². The highest BCUT2D eigenvalue weighted by Crippen LogP contribution is 2.22. The first-order valence-corrected chi connectivity index (χ1v) is 12.8. The van der Waals surface area contributed by atoms with Crippen molar-refractivity contribution in [3.8, 4) is 0 Å². The largest absolute Gasteiger partial charge is 0.466 e. The average molecular weight is 506 g/mol. The van der Waals surface area contributed by atoms with E-state index in [4.69, 9.17) is 4.74 Å². The Morgan fingerprint density at radius 1 is 1.03 bits per heavy atom. The number of piperazine rings is 1. The molecule has 1 aromatic heterocycles. The molecule has 0 bridgehead atoms. The van der Waals surface area contributed by atoms with Crippen molar-refractivity contribution in [2.45, 2.75) is 40.3 Å². The lowest BCUT2D eigenvalue weighted by atomic mass is 10.1. The lowest BCUT2D eigenvalue weighted by Gasteiger charge is -2.36. The van der Waals surface area contributed by atoms with Gasteiger partial charge in [0.25, 0.3) is 5.56 Å². The molecule has 0 aliphatic carbocycles. The first-order chi connectivity index (χ1) is 17.9. The Morgan fingerprint density at radius 2 is 1.76 bits per heavy atom. The Kier molecular flexibility index (Phi) is 8.55. The fourth-order valence-corrected chi connectivity index (χ4v) is 4.78. The van der Waals surface area contributed by atoms with Crippen molar-refractivity contribution < 1.29 is 14.3 Å². The van der Waals surface area contributed by atoms with Gasteiger partial charge >= 0.3 is 5.97 Å². The SMILES string of the molecule is CCOC(=O)Cc1nn(CNC(=O)CCN2CCN(c3ccc(C)cc3C)CC2)c(=O)c2ccccc12. The minimum absolute atomic E-state index is 0.0450. The molecule has 9 heteroatoms. The van der Waals surface area contributed by atoms with Crippen LogP contribution in [-0.2, 0) is 27.4 Å². The second-order valence-electron chi connectivity index (χ2n) is 9.41. The van der Waals surface area contributed by atoms with Gasteiger partial charge in [0.1, 0.15) is 6.67 Å². The number of fused-ring (bicyclic) bond motifs is 1. The highest BCUT2D eigenvalue weighted by atomic mass is 16.5. The van der Waals surface area contributed by atoms with E-state index in [2.05, 4.69) is 52.3 Å². The number of hydrogen-bond donors (Lipinski definition) is 1. The van der Waals surface area contributed by atoms with E-state index in [-0.39, 0.29) is 31.2 Å². The topological polar surface area (TPSA) is 96.8 Å². The fraction of sp³-hybridized carbons (Fsp3) is 0.429. The minimum Gasteiger partial charge on any atom is -0.466 e. The molecule has 2 heterocycles. The number of anilines is 1. The maximum atomic E-state index is 12.9. The molecule has 1 N–H and O–H groups in total. The Balaban J connectivity index is 1.31. The van der Waals surface area contributed by atoms with Crippen LogP contribution in [0.5, 0.6) is 0 Å². The quantitative estimate of drug-likeness (QED) is 0.446. The van der Waals surface area contributed by atoms with Crippen LogP contribution in [0.4, 0.5) is 5.69 Å². The molecule has 1 aliphatic heterocycles. The van der Waals surface area contributed by atoms with Crippen LogP contribution in [0.1, 0.15) is 30.2 Å². The highest BCUT2D eigenvalue weighted by Gasteiger charge is 2.19. The summed E-state index contributed by atoms with van der Waals surface area (Å²) in [5.74, 6) is -0.558. The van der Waals surface area contributed by atoms with Crippen molar-refractivity contribution in [2.75, 3.05) is 44.2 Å². The molecule has 196 valence electrons. The van der Waals surface area contributed by atoms with E-state index >= 15 is 0 Å². The third-order valence-corrected chi connectivity index (χ3v) is 6.71. The van der Waals surface area contributed by atoms with E-state index in [1.165, 1.54) is 21.5 Å². The van der Waals surface area contributed by atoms with Crippen LogP contribution < -0.4 is 15.8 Å². The average Bonchev–Trinajstić information content (AvgIpc) is 2.89. The lowest BCUT2D eigenvalue weighted by molar-refractivity contribution is -0.142. The fourth-order valence-electron chi connectivity index (χ4n) is 4.78. The number of esters is 1. The number of aryl methyl sites for hydroxylation is 2. The highest BCUT2D eigenvalue weighted by molar-refractivity contribution is 5.87. The number of nitrogens with zero attached hydrogens (tertiary/aromatic N) is 4. The van der Waals surface area contributed by atoms with Gasteiger partial charge in [-0.2, -0.15) is 5.10 Å². The molecule has 0 atom stereocenters. The van der Waals surface area contributed by atoms with Crippen LogP contribution in [-0.4, -0.2) is 65.9 Å². The summed E-state index contributed by atoms with van der Waals surface area (Å²) >= 11 is 0. The second-order valence-corrected chi connectivity index (χ2v) is 9.41. The van der Waals surface area contributed by atoms with Gasteiger partial charge in [0, 0.05) is 50.2 Å². The van der Waals surface area contributed by atoms with E-state index in [1.807, 2.05) is 0 Å². The summed E-state index contributed by atoms with van der Waals surface area (Å²) in [5, 5.41) is 8.24. The Labute approximate surface area is 217 Å². The van der Waals surface area contributed by atoms with E-state index in [1.54, 1.807) is 31.2 Å². The van der Waals surface area contributed by atoms with Gasteiger partial charge < -0.3 is 15.0 Å². The molecule has 1 amide bonds. The zero-order valence-corrected chi connectivity index (χ0v) is 21.8. The third kappa shape index (κ3) is 6.54. The molecule has 0 spiro atoms. The smallest absolute Gasteiger partial charge is 0.311 e. The molecule has 0 unspecified atom stereocenters. The summed E-state index contributed by atoms with van der Waals surface area (Å²) in [6.07, 6.45) is 0.290. The minimum atomic E-state index is -0.410. The summed E-state index contributed by atoms with van der Waals surface area (Å²) in [6.45, 7) is 10.5. The number of ether oxygens (including phenoxy) is 1. The third-order valence-electron chi connectivity index (χ3n) is 6.71. The van der Waals surface area contributed by atoms with Gasteiger partial charge in [-0.05, 0) is 38.5 Å². The van der Waals surface area contributed by atoms with Crippen molar-refractivity contribution in [2.24, 2.45) is 0 Å².